The van der Waals surface area contributed by atoms with Crippen molar-refractivity contribution in [3.63, 3.8) is 0 Å². The molecule has 2 rings (SSSR count). The molecule has 0 aliphatic heterocycles. The molecule has 26 heavy (non-hydrogen) atoms. The van der Waals surface area contributed by atoms with Gasteiger partial charge in [-0.25, -0.2) is 0 Å². The van der Waals surface area contributed by atoms with E-state index < -0.39 is 15.9 Å². The second-order valence-electron chi connectivity index (χ2n) is 5.03. The first-order valence-corrected chi connectivity index (χ1v) is 9.83. The number of hydrogen-bond acceptors (Lipinski definition) is 2. The topological polar surface area (TPSA) is 53.2 Å². The molecule has 0 bridgehead atoms. The molecule has 2 aromatic carbocycles. The van der Waals surface area contributed by atoms with Crippen molar-refractivity contribution in [1.82, 2.24) is 10.6 Å². The number of alkyl halides is 3. The molecular formula is C16H12BrCl4N3OS. The van der Waals surface area contributed by atoms with E-state index in [4.69, 9.17) is 58.6 Å². The summed E-state index contributed by atoms with van der Waals surface area (Å²) in [6.45, 7) is 0. The molecule has 0 spiro atoms. The molecule has 2 aromatic rings. The van der Waals surface area contributed by atoms with Crippen molar-refractivity contribution in [2.75, 3.05) is 5.32 Å². The lowest BCUT2D eigenvalue weighted by Crippen LogP contribution is -2.56. The minimum atomic E-state index is -1.86. The predicted molar refractivity (Wildman–Crippen MR) is 116 cm³/mol. The highest BCUT2D eigenvalue weighted by molar-refractivity contribution is 9.10. The molecule has 10 heteroatoms. The molecule has 0 saturated heterocycles. The Morgan fingerprint density at radius 1 is 1.04 bits per heavy atom. The average molecular weight is 516 g/mol. The zero-order chi connectivity index (χ0) is 19.3. The van der Waals surface area contributed by atoms with Crippen LogP contribution in [0.25, 0.3) is 0 Å². The Kier molecular flexibility index (Phi) is 7.82. The first-order chi connectivity index (χ1) is 12.2. The molecule has 4 nitrogen and oxygen atoms in total. The summed E-state index contributed by atoms with van der Waals surface area (Å²) in [7, 11) is 0. The van der Waals surface area contributed by atoms with Gasteiger partial charge in [0.25, 0.3) is 5.91 Å². The lowest BCUT2D eigenvalue weighted by molar-refractivity contribution is 0.0934. The summed E-state index contributed by atoms with van der Waals surface area (Å²) in [5, 5.41) is 8.75. The maximum absolute atomic E-state index is 12.4. The van der Waals surface area contributed by atoms with Gasteiger partial charge in [-0.2, -0.15) is 0 Å². The van der Waals surface area contributed by atoms with E-state index in [1.807, 2.05) is 24.3 Å². The highest BCUT2D eigenvalue weighted by Gasteiger charge is 2.35. The van der Waals surface area contributed by atoms with Crippen LogP contribution in [0.5, 0.6) is 0 Å². The van der Waals surface area contributed by atoms with Gasteiger partial charge in [0.15, 0.2) is 5.11 Å². The minimum absolute atomic E-state index is 0.170. The molecule has 1 amide bonds. The summed E-state index contributed by atoms with van der Waals surface area (Å²) in [6, 6.07) is 13.8. The summed E-state index contributed by atoms with van der Waals surface area (Å²) < 4.78 is -0.935. The van der Waals surface area contributed by atoms with Gasteiger partial charge in [0.05, 0.1) is 10.6 Å². The first-order valence-electron chi connectivity index (χ1n) is 7.12. The number of carbonyl (C=O) groups is 1. The highest BCUT2D eigenvalue weighted by Crippen LogP contribution is 2.29. The Morgan fingerprint density at radius 3 is 2.23 bits per heavy atom. The number of benzene rings is 2. The fraction of sp³-hybridized carbons (Fsp3) is 0.125. The number of halogens is 5. The third-order valence-electron chi connectivity index (χ3n) is 3.10. The third kappa shape index (κ3) is 6.44. The Labute approximate surface area is 184 Å². The van der Waals surface area contributed by atoms with Crippen molar-refractivity contribution < 1.29 is 4.79 Å². The van der Waals surface area contributed by atoms with Crippen molar-refractivity contribution in [2.45, 2.75) is 9.96 Å². The number of nitrogens with one attached hydrogen (secondary N) is 3. The van der Waals surface area contributed by atoms with Gasteiger partial charge in [0, 0.05) is 10.2 Å². The van der Waals surface area contributed by atoms with E-state index in [1.54, 1.807) is 24.3 Å². The van der Waals surface area contributed by atoms with Crippen molar-refractivity contribution >= 4 is 91.3 Å². The molecule has 0 aromatic heterocycles. The Morgan fingerprint density at radius 2 is 1.65 bits per heavy atom. The molecule has 138 valence electrons. The predicted octanol–water partition coefficient (Wildman–Crippen LogP) is 5.52. The zero-order valence-electron chi connectivity index (χ0n) is 12.9. The molecule has 0 radical (unpaired) electrons. The Balaban J connectivity index is 2.07. The van der Waals surface area contributed by atoms with Crippen molar-refractivity contribution in [3.8, 4) is 0 Å². The quantitative estimate of drug-likeness (QED) is 0.285. The second kappa shape index (κ2) is 9.44. The van der Waals surface area contributed by atoms with Crippen LogP contribution in [0.15, 0.2) is 53.0 Å². The average Bonchev–Trinajstić information content (AvgIpc) is 2.56. The number of rotatable bonds is 4. The van der Waals surface area contributed by atoms with Gasteiger partial charge in [-0.1, -0.05) is 74.5 Å². The summed E-state index contributed by atoms with van der Waals surface area (Å²) in [6.07, 6.45) is -1.09. The van der Waals surface area contributed by atoms with Crippen LogP contribution in [0.4, 0.5) is 5.69 Å². The van der Waals surface area contributed by atoms with Crippen molar-refractivity contribution in [2.24, 2.45) is 0 Å². The van der Waals surface area contributed by atoms with E-state index in [0.717, 1.165) is 10.2 Å². The standard InChI is InChI=1S/C16H12BrCl4N3OS/c17-9-5-7-10(8-6-9)22-15(26)24-14(16(19,20)21)23-13(25)11-3-1-2-4-12(11)18/h1-8,14H,(H,23,25)(H2,22,24,26). The normalized spacial score (nSPS) is 12.2. The summed E-state index contributed by atoms with van der Waals surface area (Å²) in [5.41, 5.74) is 0.980. The van der Waals surface area contributed by atoms with Gasteiger partial charge < -0.3 is 16.0 Å². The largest absolute Gasteiger partial charge is 0.339 e. The molecule has 3 N–H and O–H groups in total. The summed E-state index contributed by atoms with van der Waals surface area (Å²) in [5.74, 6) is -0.508. The fourth-order valence-corrected chi connectivity index (χ4v) is 2.93. The van der Waals surface area contributed by atoms with Crippen molar-refractivity contribution in [1.29, 1.82) is 0 Å². The lowest BCUT2D eigenvalue weighted by Gasteiger charge is -2.28. The minimum Gasteiger partial charge on any atom is -0.339 e. The maximum Gasteiger partial charge on any atom is 0.254 e. The van der Waals surface area contributed by atoms with E-state index in [-0.39, 0.29) is 15.7 Å². The van der Waals surface area contributed by atoms with Gasteiger partial charge in [-0.05, 0) is 48.6 Å². The van der Waals surface area contributed by atoms with Crippen LogP contribution in [0.1, 0.15) is 10.4 Å². The number of thiocarbonyl (C=S) groups is 1. The molecule has 0 fully saturated rings. The van der Waals surface area contributed by atoms with Gasteiger partial charge in [0.1, 0.15) is 6.17 Å². The molecule has 1 unspecified atom stereocenters. The number of anilines is 1. The van der Waals surface area contributed by atoms with Crippen LogP contribution < -0.4 is 16.0 Å². The number of hydrogen-bond donors (Lipinski definition) is 3. The van der Waals surface area contributed by atoms with E-state index in [2.05, 4.69) is 31.9 Å². The van der Waals surface area contributed by atoms with E-state index in [0.29, 0.717) is 0 Å². The molecule has 0 heterocycles. The van der Waals surface area contributed by atoms with Crippen LogP contribution in [0.3, 0.4) is 0 Å². The maximum atomic E-state index is 12.4. The lowest BCUT2D eigenvalue weighted by atomic mass is 10.2. The van der Waals surface area contributed by atoms with E-state index >= 15 is 0 Å². The number of carbonyl (C=O) groups excluding carboxylic acids is 1. The Hall–Kier alpha value is -0.760. The summed E-state index contributed by atoms with van der Waals surface area (Å²) >= 11 is 32.5. The monoisotopic (exact) mass is 513 g/mol. The van der Waals surface area contributed by atoms with Gasteiger partial charge in [0.2, 0.25) is 3.79 Å². The smallest absolute Gasteiger partial charge is 0.254 e. The van der Waals surface area contributed by atoms with Gasteiger partial charge >= 0.3 is 0 Å². The third-order valence-corrected chi connectivity index (χ3v) is 4.83. The summed E-state index contributed by atoms with van der Waals surface area (Å²) in [4.78, 5) is 12.4. The van der Waals surface area contributed by atoms with Gasteiger partial charge in [-0.3, -0.25) is 4.79 Å². The van der Waals surface area contributed by atoms with Gasteiger partial charge in [-0.15, -0.1) is 0 Å². The molecular weight excluding hydrogens is 504 g/mol. The molecule has 0 aliphatic carbocycles. The van der Waals surface area contributed by atoms with E-state index in [1.165, 1.54) is 0 Å². The fourth-order valence-electron chi connectivity index (χ4n) is 1.89. The van der Waals surface area contributed by atoms with E-state index in [9.17, 15) is 4.79 Å². The van der Waals surface area contributed by atoms with Crippen LogP contribution in [0, 0.1) is 0 Å². The van der Waals surface area contributed by atoms with Crippen LogP contribution in [-0.2, 0) is 0 Å². The SMILES string of the molecule is O=C(NC(NC(=S)Nc1ccc(Br)cc1)C(Cl)(Cl)Cl)c1ccccc1Cl. The molecule has 0 aliphatic rings. The molecule has 0 saturated carbocycles. The second-order valence-corrected chi connectivity index (χ2v) is 9.13. The van der Waals surface area contributed by atoms with Crippen LogP contribution in [0.2, 0.25) is 5.02 Å². The van der Waals surface area contributed by atoms with Crippen LogP contribution >= 0.6 is 74.6 Å². The van der Waals surface area contributed by atoms with Crippen LogP contribution in [-0.4, -0.2) is 21.0 Å². The zero-order valence-corrected chi connectivity index (χ0v) is 18.3. The number of amides is 1. The Bertz CT molecular complexity index is 799. The first kappa shape index (κ1) is 21.5. The highest BCUT2D eigenvalue weighted by atomic mass is 79.9. The van der Waals surface area contributed by atoms with Crippen molar-refractivity contribution in [3.05, 3.63) is 63.6 Å². The molecule has 1 atom stereocenters.